The van der Waals surface area contributed by atoms with Crippen LogP contribution in [0, 0.1) is 10.1 Å². The predicted molar refractivity (Wildman–Crippen MR) is 132 cm³/mol. The van der Waals surface area contributed by atoms with Gasteiger partial charge in [0.1, 0.15) is 12.3 Å². The summed E-state index contributed by atoms with van der Waals surface area (Å²) >= 11 is 5.92. The topological polar surface area (TPSA) is 86.0 Å². The number of anilines is 1. The van der Waals surface area contributed by atoms with E-state index in [1.165, 1.54) is 13.3 Å². The Hall–Kier alpha value is -4.05. The van der Waals surface area contributed by atoms with Crippen molar-refractivity contribution in [3.8, 4) is 11.5 Å². The fourth-order valence-corrected chi connectivity index (χ4v) is 3.37. The third-order valence-electron chi connectivity index (χ3n) is 4.96. The van der Waals surface area contributed by atoms with E-state index in [9.17, 15) is 23.3 Å². The van der Waals surface area contributed by atoms with Crippen LogP contribution in [0.25, 0.3) is 0 Å². The van der Waals surface area contributed by atoms with Crippen LogP contribution in [0.3, 0.4) is 0 Å². The molecule has 0 aliphatic rings. The molecule has 36 heavy (non-hydrogen) atoms. The molecule has 0 saturated heterocycles. The standard InChI is InChI=1S/C25H21ClF3N3O4/c1-3-4-18-11-17(12-23(35-2)24(18)36-15-16-5-8-20(26)9-6-16)14-30-31-21-10-7-19(25(27,28)29)13-22(21)32(33)34/h3,5-14,31H,1,4,15H2,2H3/b30-14-. The van der Waals surface area contributed by atoms with E-state index in [-0.39, 0.29) is 12.3 Å². The third kappa shape index (κ3) is 6.76. The van der Waals surface area contributed by atoms with E-state index in [1.54, 1.807) is 30.3 Å². The highest BCUT2D eigenvalue weighted by atomic mass is 35.5. The number of allylic oxidation sites excluding steroid dienone is 1. The highest BCUT2D eigenvalue weighted by molar-refractivity contribution is 6.30. The molecule has 3 rings (SSSR count). The van der Waals surface area contributed by atoms with Crippen molar-refractivity contribution in [1.29, 1.82) is 0 Å². The van der Waals surface area contributed by atoms with Crippen molar-refractivity contribution in [2.75, 3.05) is 12.5 Å². The quantitative estimate of drug-likeness (QED) is 0.134. The fraction of sp³-hybridized carbons (Fsp3) is 0.160. The van der Waals surface area contributed by atoms with Gasteiger partial charge >= 0.3 is 6.18 Å². The minimum Gasteiger partial charge on any atom is -0.493 e. The predicted octanol–water partition coefficient (Wildman–Crippen LogP) is 7.03. The molecular weight excluding hydrogens is 499 g/mol. The average Bonchev–Trinajstić information content (AvgIpc) is 2.83. The van der Waals surface area contributed by atoms with E-state index in [0.717, 1.165) is 23.3 Å². The molecule has 7 nitrogen and oxygen atoms in total. The summed E-state index contributed by atoms with van der Waals surface area (Å²) in [5.41, 5.74) is 2.58. The zero-order valence-electron chi connectivity index (χ0n) is 19.0. The van der Waals surface area contributed by atoms with Gasteiger partial charge in [-0.1, -0.05) is 29.8 Å². The van der Waals surface area contributed by atoms with Crippen molar-refractivity contribution >= 4 is 29.2 Å². The number of hydrazone groups is 1. The molecule has 0 fully saturated rings. The van der Waals surface area contributed by atoms with Crippen LogP contribution in [0.5, 0.6) is 11.5 Å². The number of nitrogens with zero attached hydrogens (tertiary/aromatic N) is 2. The van der Waals surface area contributed by atoms with Crippen LogP contribution in [-0.2, 0) is 19.2 Å². The minimum atomic E-state index is -4.71. The number of benzene rings is 3. The maximum atomic E-state index is 12.9. The van der Waals surface area contributed by atoms with Gasteiger partial charge in [0.2, 0.25) is 0 Å². The van der Waals surface area contributed by atoms with E-state index in [4.69, 9.17) is 21.1 Å². The normalized spacial score (nSPS) is 11.4. The van der Waals surface area contributed by atoms with Gasteiger partial charge in [0.25, 0.3) is 5.69 Å². The van der Waals surface area contributed by atoms with Crippen LogP contribution in [-0.4, -0.2) is 18.2 Å². The Balaban J connectivity index is 1.84. The number of nitro benzene ring substituents is 1. The molecule has 0 aliphatic heterocycles. The van der Waals surface area contributed by atoms with Crippen LogP contribution in [0.1, 0.15) is 22.3 Å². The first-order valence-corrected chi connectivity index (χ1v) is 10.8. The van der Waals surface area contributed by atoms with Crippen molar-refractivity contribution < 1.29 is 27.6 Å². The van der Waals surface area contributed by atoms with Gasteiger partial charge in [0, 0.05) is 16.7 Å². The molecule has 188 valence electrons. The Morgan fingerprint density at radius 3 is 2.50 bits per heavy atom. The van der Waals surface area contributed by atoms with Crippen molar-refractivity contribution in [2.24, 2.45) is 5.10 Å². The zero-order valence-corrected chi connectivity index (χ0v) is 19.8. The van der Waals surface area contributed by atoms with Gasteiger partial charge in [-0.25, -0.2) is 0 Å². The number of alkyl halides is 3. The molecule has 3 aromatic rings. The van der Waals surface area contributed by atoms with E-state index >= 15 is 0 Å². The van der Waals surface area contributed by atoms with Gasteiger partial charge in [-0.05, 0) is 53.9 Å². The molecule has 0 heterocycles. The van der Waals surface area contributed by atoms with Gasteiger partial charge in [0.05, 0.1) is 23.8 Å². The summed E-state index contributed by atoms with van der Waals surface area (Å²) in [6, 6.07) is 12.8. The molecule has 0 spiro atoms. The summed E-state index contributed by atoms with van der Waals surface area (Å²) < 4.78 is 50.2. The Labute approximate surface area is 210 Å². The lowest BCUT2D eigenvalue weighted by molar-refractivity contribution is -0.384. The van der Waals surface area contributed by atoms with Crippen LogP contribution in [0.2, 0.25) is 5.02 Å². The lowest BCUT2D eigenvalue weighted by Crippen LogP contribution is -2.06. The fourth-order valence-electron chi connectivity index (χ4n) is 3.25. The summed E-state index contributed by atoms with van der Waals surface area (Å²) in [7, 11) is 1.48. The highest BCUT2D eigenvalue weighted by Crippen LogP contribution is 2.36. The average molecular weight is 520 g/mol. The Kier molecular flexibility index (Phi) is 8.55. The number of ether oxygens (including phenoxy) is 2. The zero-order chi connectivity index (χ0) is 26.3. The second-order valence-corrected chi connectivity index (χ2v) is 7.91. The molecule has 1 N–H and O–H groups in total. The van der Waals surface area contributed by atoms with E-state index in [0.29, 0.717) is 34.6 Å². The monoisotopic (exact) mass is 519 g/mol. The number of rotatable bonds is 10. The van der Waals surface area contributed by atoms with Crippen LogP contribution in [0.4, 0.5) is 24.5 Å². The van der Waals surface area contributed by atoms with Crippen molar-refractivity contribution in [2.45, 2.75) is 19.2 Å². The molecule has 0 amide bonds. The van der Waals surface area contributed by atoms with E-state index in [2.05, 4.69) is 17.1 Å². The third-order valence-corrected chi connectivity index (χ3v) is 5.21. The van der Waals surface area contributed by atoms with Gasteiger partial charge in [-0.15, -0.1) is 6.58 Å². The van der Waals surface area contributed by atoms with Gasteiger partial charge < -0.3 is 9.47 Å². The van der Waals surface area contributed by atoms with Crippen molar-refractivity contribution in [3.63, 3.8) is 0 Å². The number of nitrogens with one attached hydrogen (secondary N) is 1. The summed E-state index contributed by atoms with van der Waals surface area (Å²) in [5.74, 6) is 0.932. The minimum absolute atomic E-state index is 0.189. The molecule has 0 radical (unpaired) electrons. The molecule has 0 atom stereocenters. The number of nitro groups is 1. The second-order valence-electron chi connectivity index (χ2n) is 7.48. The first-order valence-electron chi connectivity index (χ1n) is 10.5. The summed E-state index contributed by atoms with van der Waals surface area (Å²) in [4.78, 5) is 10.3. The summed E-state index contributed by atoms with van der Waals surface area (Å²) in [6.45, 7) is 4.03. The first-order chi connectivity index (χ1) is 17.1. The number of hydrogen-bond donors (Lipinski definition) is 1. The van der Waals surface area contributed by atoms with Crippen LogP contribution < -0.4 is 14.9 Å². The molecule has 0 saturated carbocycles. The van der Waals surface area contributed by atoms with Crippen molar-refractivity contribution in [1.82, 2.24) is 0 Å². The molecule has 3 aromatic carbocycles. The van der Waals surface area contributed by atoms with Crippen molar-refractivity contribution in [3.05, 3.63) is 105 Å². The Bertz CT molecular complexity index is 1280. The smallest absolute Gasteiger partial charge is 0.416 e. The SMILES string of the molecule is C=CCc1cc(/C=N\Nc2ccc(C(F)(F)F)cc2[N+](=O)[O-])cc(OC)c1OCc1ccc(Cl)cc1. The second kappa shape index (κ2) is 11.6. The van der Waals surface area contributed by atoms with Crippen LogP contribution in [0.15, 0.2) is 72.4 Å². The van der Waals surface area contributed by atoms with Gasteiger partial charge in [-0.3, -0.25) is 15.5 Å². The first kappa shape index (κ1) is 26.6. The molecule has 0 aromatic heterocycles. The van der Waals surface area contributed by atoms with Gasteiger partial charge in [0.15, 0.2) is 11.5 Å². The Morgan fingerprint density at radius 2 is 1.89 bits per heavy atom. The van der Waals surface area contributed by atoms with E-state index in [1.807, 2.05) is 12.1 Å². The summed E-state index contributed by atoms with van der Waals surface area (Å²) in [6.07, 6.45) is -1.21. The maximum absolute atomic E-state index is 12.9. The van der Waals surface area contributed by atoms with Crippen LogP contribution >= 0.6 is 11.6 Å². The molecule has 0 aliphatic carbocycles. The number of hydrogen-bond acceptors (Lipinski definition) is 6. The molecule has 11 heteroatoms. The molecule has 0 bridgehead atoms. The lowest BCUT2D eigenvalue weighted by atomic mass is 10.1. The largest absolute Gasteiger partial charge is 0.493 e. The molecule has 0 unspecified atom stereocenters. The van der Waals surface area contributed by atoms with Gasteiger partial charge in [-0.2, -0.15) is 18.3 Å². The Morgan fingerprint density at radius 1 is 1.17 bits per heavy atom. The van der Waals surface area contributed by atoms with E-state index < -0.39 is 22.4 Å². The highest BCUT2D eigenvalue weighted by Gasteiger charge is 2.33. The maximum Gasteiger partial charge on any atom is 0.416 e. The molecular formula is C25H21ClF3N3O4. The summed E-state index contributed by atoms with van der Waals surface area (Å²) in [5, 5.41) is 15.8. The number of halogens is 4. The lowest BCUT2D eigenvalue weighted by Gasteiger charge is -2.16. The number of methoxy groups -OCH3 is 1.